The molecule has 2 aromatic carbocycles. The number of amides is 1. The summed E-state index contributed by atoms with van der Waals surface area (Å²) in [5.74, 6) is 0.196. The van der Waals surface area contributed by atoms with E-state index in [0.717, 1.165) is 12.8 Å². The molecule has 1 heterocycles. The molecule has 1 aliphatic heterocycles. The van der Waals surface area contributed by atoms with Crippen LogP contribution < -0.4 is 10.1 Å². The van der Waals surface area contributed by atoms with Gasteiger partial charge in [0.2, 0.25) is 10.0 Å². The molecule has 138 valence electrons. The van der Waals surface area contributed by atoms with Gasteiger partial charge in [-0.05, 0) is 49.2 Å². The molecule has 0 unspecified atom stereocenters. The molecule has 0 bridgehead atoms. The lowest BCUT2D eigenvalue weighted by Crippen LogP contribution is -2.28. The number of hydrogen-bond acceptors (Lipinski definition) is 4. The maximum atomic E-state index is 12.8. The van der Waals surface area contributed by atoms with Crippen LogP contribution in [-0.4, -0.2) is 38.8 Å². The summed E-state index contributed by atoms with van der Waals surface area (Å²) in [6.45, 7) is 0.970. The molecule has 8 heteroatoms. The van der Waals surface area contributed by atoms with Gasteiger partial charge in [0, 0.05) is 24.3 Å². The largest absolute Gasteiger partial charge is 0.497 e. The first-order valence-electron chi connectivity index (χ1n) is 8.17. The van der Waals surface area contributed by atoms with Crippen molar-refractivity contribution in [3.8, 4) is 5.75 Å². The Hall–Kier alpha value is -2.09. The van der Waals surface area contributed by atoms with Gasteiger partial charge in [-0.25, -0.2) is 8.42 Å². The summed E-state index contributed by atoms with van der Waals surface area (Å²) in [7, 11) is -2.15. The molecule has 0 saturated carbocycles. The van der Waals surface area contributed by atoms with Crippen LogP contribution in [0, 0.1) is 0 Å². The van der Waals surface area contributed by atoms with Gasteiger partial charge in [-0.1, -0.05) is 17.7 Å². The van der Waals surface area contributed by atoms with Crippen LogP contribution in [0.2, 0.25) is 5.02 Å². The molecular formula is C18H19ClN2O4S. The highest BCUT2D eigenvalue weighted by Gasteiger charge is 2.29. The number of sulfonamides is 1. The summed E-state index contributed by atoms with van der Waals surface area (Å²) in [6.07, 6.45) is 1.67. The highest BCUT2D eigenvalue weighted by atomic mass is 35.5. The first kappa shape index (κ1) is 18.7. The van der Waals surface area contributed by atoms with Gasteiger partial charge in [-0.15, -0.1) is 0 Å². The van der Waals surface area contributed by atoms with Gasteiger partial charge in [0.05, 0.1) is 12.1 Å². The predicted molar refractivity (Wildman–Crippen MR) is 100 cm³/mol. The third-order valence-corrected chi connectivity index (χ3v) is 6.58. The molecule has 1 saturated heterocycles. The fraction of sp³-hybridized carbons (Fsp3) is 0.278. The number of methoxy groups -OCH3 is 1. The van der Waals surface area contributed by atoms with Crippen molar-refractivity contribution in [2.24, 2.45) is 0 Å². The van der Waals surface area contributed by atoms with Crippen molar-refractivity contribution in [2.45, 2.75) is 17.7 Å². The molecule has 1 amide bonds. The maximum Gasteiger partial charge on any atom is 0.255 e. The summed E-state index contributed by atoms with van der Waals surface area (Å²) in [4.78, 5) is 12.4. The van der Waals surface area contributed by atoms with E-state index in [4.69, 9.17) is 16.3 Å². The zero-order chi connectivity index (χ0) is 18.7. The van der Waals surface area contributed by atoms with Gasteiger partial charge >= 0.3 is 0 Å². The SMILES string of the molecule is COc1cccc(C(=O)Nc2ccc(Cl)c(S(=O)(=O)N3CCCC3)c2)c1. The standard InChI is InChI=1S/C18H19ClN2O4S/c1-25-15-6-4-5-13(11-15)18(22)20-14-7-8-16(19)17(12-14)26(23,24)21-9-2-3-10-21/h4-8,11-12H,2-3,9-10H2,1H3,(H,20,22). The summed E-state index contributed by atoms with van der Waals surface area (Å²) < 4.78 is 32.0. The normalized spacial score (nSPS) is 15.0. The molecule has 6 nitrogen and oxygen atoms in total. The maximum absolute atomic E-state index is 12.8. The molecule has 0 aromatic heterocycles. The highest BCUT2D eigenvalue weighted by Crippen LogP contribution is 2.30. The Bertz CT molecular complexity index is 925. The third-order valence-electron chi connectivity index (χ3n) is 4.20. The van der Waals surface area contributed by atoms with Crippen LogP contribution in [0.5, 0.6) is 5.75 Å². The molecule has 1 N–H and O–H groups in total. The second-order valence-corrected chi connectivity index (χ2v) is 8.26. The number of nitrogens with zero attached hydrogens (tertiary/aromatic N) is 1. The average molecular weight is 395 g/mol. The van der Waals surface area contributed by atoms with Gasteiger partial charge < -0.3 is 10.1 Å². The van der Waals surface area contributed by atoms with Crippen molar-refractivity contribution in [3.05, 3.63) is 53.1 Å². The number of carbonyl (C=O) groups excluding carboxylic acids is 1. The highest BCUT2D eigenvalue weighted by molar-refractivity contribution is 7.89. The Morgan fingerprint density at radius 1 is 1.15 bits per heavy atom. The van der Waals surface area contributed by atoms with Gasteiger partial charge in [0.15, 0.2) is 0 Å². The van der Waals surface area contributed by atoms with E-state index < -0.39 is 10.0 Å². The number of rotatable bonds is 5. The van der Waals surface area contributed by atoms with E-state index >= 15 is 0 Å². The van der Waals surface area contributed by atoms with E-state index in [9.17, 15) is 13.2 Å². The van der Waals surface area contributed by atoms with E-state index in [1.54, 1.807) is 30.3 Å². The zero-order valence-corrected chi connectivity index (χ0v) is 15.8. The van der Waals surface area contributed by atoms with Crippen molar-refractivity contribution in [2.75, 3.05) is 25.5 Å². The van der Waals surface area contributed by atoms with Crippen molar-refractivity contribution in [1.29, 1.82) is 0 Å². The Morgan fingerprint density at radius 2 is 1.88 bits per heavy atom. The van der Waals surface area contributed by atoms with Gasteiger partial charge in [0.1, 0.15) is 10.6 Å². The monoisotopic (exact) mass is 394 g/mol. The molecule has 26 heavy (non-hydrogen) atoms. The van der Waals surface area contributed by atoms with Crippen molar-refractivity contribution in [3.63, 3.8) is 0 Å². The van der Waals surface area contributed by atoms with Gasteiger partial charge in [-0.3, -0.25) is 4.79 Å². The van der Waals surface area contributed by atoms with Crippen LogP contribution in [0.4, 0.5) is 5.69 Å². The Labute approximate surface area is 157 Å². The number of halogens is 1. The molecule has 1 aliphatic rings. The fourth-order valence-corrected chi connectivity index (χ4v) is 4.83. The first-order chi connectivity index (χ1) is 12.4. The lowest BCUT2D eigenvalue weighted by atomic mass is 10.2. The van der Waals surface area contributed by atoms with Crippen LogP contribution in [-0.2, 0) is 10.0 Å². The molecule has 1 fully saturated rings. The third kappa shape index (κ3) is 3.85. The van der Waals surface area contributed by atoms with Crippen molar-refractivity contribution >= 4 is 33.2 Å². The number of benzene rings is 2. The van der Waals surface area contributed by atoms with Crippen LogP contribution >= 0.6 is 11.6 Å². The Balaban J connectivity index is 1.86. The molecule has 3 rings (SSSR count). The number of carbonyl (C=O) groups is 1. The summed E-state index contributed by atoms with van der Waals surface area (Å²) in [5.41, 5.74) is 0.767. The lowest BCUT2D eigenvalue weighted by molar-refractivity contribution is 0.102. The minimum atomic E-state index is -3.67. The summed E-state index contributed by atoms with van der Waals surface area (Å²) in [6, 6.07) is 11.1. The first-order valence-corrected chi connectivity index (χ1v) is 9.99. The zero-order valence-electron chi connectivity index (χ0n) is 14.2. The molecule has 0 radical (unpaired) electrons. The van der Waals surface area contributed by atoms with Crippen LogP contribution in [0.1, 0.15) is 23.2 Å². The number of hydrogen-bond donors (Lipinski definition) is 1. The topological polar surface area (TPSA) is 75.7 Å². The molecule has 2 aromatic rings. The second kappa shape index (κ2) is 7.65. The fourth-order valence-electron chi connectivity index (χ4n) is 2.81. The molecular weight excluding hydrogens is 376 g/mol. The van der Waals surface area contributed by atoms with Crippen LogP contribution in [0.3, 0.4) is 0 Å². The van der Waals surface area contributed by atoms with Crippen LogP contribution in [0.25, 0.3) is 0 Å². The number of ether oxygens (including phenoxy) is 1. The molecule has 0 atom stereocenters. The molecule has 0 aliphatic carbocycles. The summed E-state index contributed by atoms with van der Waals surface area (Å²) >= 11 is 6.12. The Kier molecular flexibility index (Phi) is 5.50. The minimum Gasteiger partial charge on any atom is -0.497 e. The van der Waals surface area contributed by atoms with E-state index in [1.807, 2.05) is 0 Å². The van der Waals surface area contributed by atoms with Crippen molar-refractivity contribution in [1.82, 2.24) is 4.31 Å². The lowest BCUT2D eigenvalue weighted by Gasteiger charge is -2.17. The smallest absolute Gasteiger partial charge is 0.255 e. The van der Waals surface area contributed by atoms with E-state index in [0.29, 0.717) is 30.1 Å². The summed E-state index contributed by atoms with van der Waals surface area (Å²) in [5, 5.41) is 2.84. The predicted octanol–water partition coefficient (Wildman–Crippen LogP) is 3.39. The Morgan fingerprint density at radius 3 is 2.58 bits per heavy atom. The molecule has 0 spiro atoms. The van der Waals surface area contributed by atoms with Gasteiger partial charge in [0.25, 0.3) is 5.91 Å². The number of anilines is 1. The van der Waals surface area contributed by atoms with Crippen molar-refractivity contribution < 1.29 is 17.9 Å². The van der Waals surface area contributed by atoms with E-state index in [-0.39, 0.29) is 15.8 Å². The van der Waals surface area contributed by atoms with Gasteiger partial charge in [-0.2, -0.15) is 4.31 Å². The van der Waals surface area contributed by atoms with E-state index in [2.05, 4.69) is 5.32 Å². The van der Waals surface area contributed by atoms with Crippen LogP contribution in [0.15, 0.2) is 47.4 Å². The average Bonchev–Trinajstić information content (AvgIpc) is 3.19. The second-order valence-electron chi connectivity index (χ2n) is 5.94. The number of nitrogens with one attached hydrogen (secondary N) is 1. The minimum absolute atomic E-state index is 0.00417. The quantitative estimate of drug-likeness (QED) is 0.843. The van der Waals surface area contributed by atoms with E-state index in [1.165, 1.54) is 23.5 Å².